The fourth-order valence-electron chi connectivity index (χ4n) is 3.09. The molecule has 0 radical (unpaired) electrons. The molecule has 1 aromatic carbocycles. The molecule has 1 saturated heterocycles. The van der Waals surface area contributed by atoms with Crippen molar-refractivity contribution in [2.45, 2.75) is 63.4 Å². The Morgan fingerprint density at radius 2 is 1.85 bits per heavy atom. The van der Waals surface area contributed by atoms with Gasteiger partial charge in [-0.05, 0) is 50.8 Å². The highest BCUT2D eigenvalue weighted by Crippen LogP contribution is 2.31. The van der Waals surface area contributed by atoms with E-state index in [4.69, 9.17) is 5.73 Å². The molecule has 0 aliphatic carbocycles. The van der Waals surface area contributed by atoms with Crippen molar-refractivity contribution in [1.29, 1.82) is 0 Å². The zero-order valence-electron chi connectivity index (χ0n) is 12.5. The lowest BCUT2D eigenvalue weighted by molar-refractivity contribution is 0.204. The van der Waals surface area contributed by atoms with E-state index in [1.807, 2.05) is 26.8 Å². The van der Waals surface area contributed by atoms with Crippen LogP contribution in [0.5, 0.6) is 0 Å². The van der Waals surface area contributed by atoms with Crippen LogP contribution in [0.4, 0.5) is 5.69 Å². The Labute approximate surface area is 122 Å². The van der Waals surface area contributed by atoms with E-state index in [-0.39, 0.29) is 12.1 Å². The van der Waals surface area contributed by atoms with Crippen molar-refractivity contribution in [2.24, 2.45) is 0 Å². The molecule has 1 heterocycles. The molecule has 2 N–H and O–H groups in total. The molecular formula is C15H24N2O2S. The first-order valence-electron chi connectivity index (χ1n) is 7.29. The average molecular weight is 296 g/mol. The second kappa shape index (κ2) is 5.74. The Kier molecular flexibility index (Phi) is 4.39. The third-order valence-corrected chi connectivity index (χ3v) is 6.35. The molecule has 1 aliphatic rings. The summed E-state index contributed by atoms with van der Waals surface area (Å²) >= 11 is 0. The lowest BCUT2D eigenvalue weighted by atomic mass is 10.0. The summed E-state index contributed by atoms with van der Waals surface area (Å²) in [6, 6.07) is 5.29. The maximum Gasteiger partial charge on any atom is 0.243 e. The van der Waals surface area contributed by atoms with Crippen molar-refractivity contribution in [3.63, 3.8) is 0 Å². The Hall–Kier alpha value is -1.07. The van der Waals surface area contributed by atoms with E-state index < -0.39 is 10.0 Å². The fourth-order valence-corrected chi connectivity index (χ4v) is 5.30. The number of rotatable bonds is 3. The van der Waals surface area contributed by atoms with Gasteiger partial charge in [-0.1, -0.05) is 19.4 Å². The third kappa shape index (κ3) is 2.69. The smallest absolute Gasteiger partial charge is 0.243 e. The second-order valence-corrected chi connectivity index (χ2v) is 7.50. The number of piperidine rings is 1. The molecule has 20 heavy (non-hydrogen) atoms. The van der Waals surface area contributed by atoms with Crippen LogP contribution in [-0.2, 0) is 16.4 Å². The van der Waals surface area contributed by atoms with Crippen LogP contribution in [0.25, 0.3) is 0 Å². The summed E-state index contributed by atoms with van der Waals surface area (Å²) in [5, 5.41) is 0. The van der Waals surface area contributed by atoms with Crippen LogP contribution in [-0.4, -0.2) is 24.8 Å². The molecule has 1 aromatic rings. The van der Waals surface area contributed by atoms with Crippen LogP contribution in [0.15, 0.2) is 23.1 Å². The Balaban J connectivity index is 2.51. The van der Waals surface area contributed by atoms with Crippen molar-refractivity contribution in [1.82, 2.24) is 4.31 Å². The highest BCUT2D eigenvalue weighted by atomic mass is 32.2. The fraction of sp³-hybridized carbons (Fsp3) is 0.600. The number of hydrogen-bond acceptors (Lipinski definition) is 3. The van der Waals surface area contributed by atoms with Crippen molar-refractivity contribution in [3.8, 4) is 0 Å². The van der Waals surface area contributed by atoms with Gasteiger partial charge < -0.3 is 5.73 Å². The molecule has 2 rings (SSSR count). The van der Waals surface area contributed by atoms with Gasteiger partial charge in [0.2, 0.25) is 10.0 Å². The number of anilines is 1. The molecule has 0 spiro atoms. The molecule has 4 nitrogen and oxygen atoms in total. The third-order valence-electron chi connectivity index (χ3n) is 4.14. The first-order chi connectivity index (χ1) is 9.37. The minimum atomic E-state index is -3.47. The summed E-state index contributed by atoms with van der Waals surface area (Å²) in [6.07, 6.45) is 3.62. The van der Waals surface area contributed by atoms with Gasteiger partial charge in [-0.25, -0.2) is 8.42 Å². The van der Waals surface area contributed by atoms with Gasteiger partial charge in [-0.3, -0.25) is 0 Å². The Morgan fingerprint density at radius 3 is 2.40 bits per heavy atom. The number of aryl methyl sites for hydroxylation is 1. The van der Waals surface area contributed by atoms with E-state index in [0.29, 0.717) is 17.0 Å². The Bertz CT molecular complexity index is 574. The lowest BCUT2D eigenvalue weighted by Gasteiger charge is -2.38. The van der Waals surface area contributed by atoms with E-state index in [1.165, 1.54) is 0 Å². The summed E-state index contributed by atoms with van der Waals surface area (Å²) in [7, 11) is -3.47. The van der Waals surface area contributed by atoms with Gasteiger partial charge in [-0.2, -0.15) is 4.31 Å². The van der Waals surface area contributed by atoms with Gasteiger partial charge in [-0.15, -0.1) is 0 Å². The number of nitrogen functional groups attached to an aromatic ring is 1. The van der Waals surface area contributed by atoms with E-state index in [0.717, 1.165) is 24.8 Å². The largest absolute Gasteiger partial charge is 0.399 e. The monoisotopic (exact) mass is 296 g/mol. The van der Waals surface area contributed by atoms with E-state index in [9.17, 15) is 8.42 Å². The number of hydrogen-bond donors (Lipinski definition) is 1. The van der Waals surface area contributed by atoms with Gasteiger partial charge in [0.25, 0.3) is 0 Å². The van der Waals surface area contributed by atoms with Gasteiger partial charge in [0.15, 0.2) is 0 Å². The number of benzene rings is 1. The van der Waals surface area contributed by atoms with Crippen LogP contribution in [0.2, 0.25) is 0 Å². The minimum absolute atomic E-state index is 0.0508. The SMILES string of the molecule is CCc1ccc(N)cc1S(=O)(=O)N1[C@H](C)CCC[C@@H]1C. The molecule has 0 saturated carbocycles. The van der Waals surface area contributed by atoms with Gasteiger partial charge in [0.1, 0.15) is 0 Å². The maximum absolute atomic E-state index is 13.0. The number of sulfonamides is 1. The molecule has 0 bridgehead atoms. The first-order valence-corrected chi connectivity index (χ1v) is 8.74. The van der Waals surface area contributed by atoms with E-state index in [2.05, 4.69) is 0 Å². The first kappa shape index (κ1) is 15.3. The zero-order valence-corrected chi connectivity index (χ0v) is 13.3. The van der Waals surface area contributed by atoms with Gasteiger partial charge in [0, 0.05) is 17.8 Å². The molecule has 112 valence electrons. The molecule has 1 aliphatic heterocycles. The van der Waals surface area contributed by atoms with Crippen molar-refractivity contribution in [3.05, 3.63) is 23.8 Å². The molecule has 0 amide bonds. The van der Waals surface area contributed by atoms with Crippen molar-refractivity contribution >= 4 is 15.7 Å². The quantitative estimate of drug-likeness (QED) is 0.872. The molecule has 2 atom stereocenters. The standard InChI is InChI=1S/C15H24N2O2S/c1-4-13-8-9-14(16)10-15(13)20(18,19)17-11(2)6-5-7-12(17)3/h8-12H,4-7,16H2,1-3H3/t11-,12+. The van der Waals surface area contributed by atoms with E-state index in [1.54, 1.807) is 16.4 Å². The van der Waals surface area contributed by atoms with Gasteiger partial charge in [0.05, 0.1) is 4.90 Å². The summed E-state index contributed by atoms with van der Waals surface area (Å²) < 4.78 is 27.7. The predicted octanol–water partition coefficient (Wildman–Crippen LogP) is 2.78. The zero-order chi connectivity index (χ0) is 14.9. The van der Waals surface area contributed by atoms with Crippen LogP contribution in [0, 0.1) is 0 Å². The van der Waals surface area contributed by atoms with Crippen molar-refractivity contribution < 1.29 is 8.42 Å². The van der Waals surface area contributed by atoms with Gasteiger partial charge >= 0.3 is 0 Å². The summed E-state index contributed by atoms with van der Waals surface area (Å²) in [6.45, 7) is 5.95. The predicted molar refractivity (Wildman–Crippen MR) is 82.0 cm³/mol. The van der Waals surface area contributed by atoms with Crippen LogP contribution in [0.1, 0.15) is 45.6 Å². The highest BCUT2D eigenvalue weighted by molar-refractivity contribution is 7.89. The maximum atomic E-state index is 13.0. The lowest BCUT2D eigenvalue weighted by Crippen LogP contribution is -2.47. The normalized spacial score (nSPS) is 24.8. The highest BCUT2D eigenvalue weighted by Gasteiger charge is 2.36. The molecular weight excluding hydrogens is 272 g/mol. The topological polar surface area (TPSA) is 63.4 Å². The number of nitrogens with zero attached hydrogens (tertiary/aromatic N) is 1. The van der Waals surface area contributed by atoms with E-state index >= 15 is 0 Å². The molecule has 1 fully saturated rings. The Morgan fingerprint density at radius 1 is 1.25 bits per heavy atom. The van der Waals surface area contributed by atoms with Crippen LogP contribution in [0.3, 0.4) is 0 Å². The number of nitrogens with two attached hydrogens (primary N) is 1. The van der Waals surface area contributed by atoms with Crippen LogP contribution >= 0.6 is 0 Å². The summed E-state index contributed by atoms with van der Waals surface area (Å²) in [4.78, 5) is 0.376. The molecule has 0 aromatic heterocycles. The minimum Gasteiger partial charge on any atom is -0.399 e. The average Bonchev–Trinajstić information content (AvgIpc) is 2.38. The summed E-state index contributed by atoms with van der Waals surface area (Å²) in [5.74, 6) is 0. The van der Waals surface area contributed by atoms with Crippen LogP contribution < -0.4 is 5.73 Å². The van der Waals surface area contributed by atoms with Crippen molar-refractivity contribution in [2.75, 3.05) is 5.73 Å². The molecule has 5 heteroatoms. The second-order valence-electron chi connectivity index (χ2n) is 5.68. The molecule has 0 unspecified atom stereocenters. The summed E-state index contributed by atoms with van der Waals surface area (Å²) in [5.41, 5.74) is 7.13.